The molecule has 0 heterocycles. The number of benzene rings is 2. The summed E-state index contributed by atoms with van der Waals surface area (Å²) in [4.78, 5) is 0. The van der Waals surface area contributed by atoms with Crippen molar-refractivity contribution < 1.29 is 9.13 Å². The van der Waals surface area contributed by atoms with E-state index in [0.717, 1.165) is 11.1 Å². The molecule has 2 aromatic carbocycles. The van der Waals surface area contributed by atoms with Gasteiger partial charge in [-0.2, -0.15) is 0 Å². The van der Waals surface area contributed by atoms with E-state index in [4.69, 9.17) is 10.5 Å². The lowest BCUT2D eigenvalue weighted by atomic mass is 9.84. The second-order valence-electron chi connectivity index (χ2n) is 5.34. The van der Waals surface area contributed by atoms with E-state index in [1.165, 1.54) is 7.11 Å². The maximum atomic E-state index is 14.2. The second kappa shape index (κ2) is 5.63. The van der Waals surface area contributed by atoms with Crippen LogP contribution in [0.2, 0.25) is 0 Å². The standard InChI is InChI=1S/C17H20FNO/c1-12-7-4-5-9-14(12)17(2,19)11-13-8-6-10-15(20-3)16(13)18/h4-10H,11,19H2,1-3H3. The van der Waals surface area contributed by atoms with Crippen molar-refractivity contribution in [1.82, 2.24) is 0 Å². The highest BCUT2D eigenvalue weighted by Gasteiger charge is 2.25. The third-order valence-corrected chi connectivity index (χ3v) is 3.58. The number of hydrogen-bond donors (Lipinski definition) is 1. The Hall–Kier alpha value is -1.87. The molecule has 0 radical (unpaired) electrons. The summed E-state index contributed by atoms with van der Waals surface area (Å²) in [6.07, 6.45) is 0.418. The van der Waals surface area contributed by atoms with E-state index in [2.05, 4.69) is 0 Å². The van der Waals surface area contributed by atoms with Gasteiger partial charge in [0.1, 0.15) is 0 Å². The maximum absolute atomic E-state index is 14.2. The van der Waals surface area contributed by atoms with Crippen molar-refractivity contribution in [3.05, 3.63) is 65.0 Å². The zero-order valence-electron chi connectivity index (χ0n) is 12.1. The SMILES string of the molecule is COc1cccc(CC(C)(N)c2ccccc2C)c1F. The zero-order chi connectivity index (χ0) is 14.8. The molecular formula is C17H20FNO. The normalized spacial score (nSPS) is 13.8. The minimum Gasteiger partial charge on any atom is -0.494 e. The zero-order valence-corrected chi connectivity index (χ0v) is 12.1. The van der Waals surface area contributed by atoms with Gasteiger partial charge in [0.2, 0.25) is 0 Å². The molecule has 2 nitrogen and oxygen atoms in total. The van der Waals surface area contributed by atoms with E-state index in [0.29, 0.717) is 12.0 Å². The quantitative estimate of drug-likeness (QED) is 0.924. The third kappa shape index (κ3) is 2.83. The van der Waals surface area contributed by atoms with Crippen LogP contribution in [0.4, 0.5) is 4.39 Å². The van der Waals surface area contributed by atoms with Gasteiger partial charge in [0.05, 0.1) is 7.11 Å². The first kappa shape index (κ1) is 14.5. The van der Waals surface area contributed by atoms with E-state index >= 15 is 0 Å². The van der Waals surface area contributed by atoms with E-state index in [-0.39, 0.29) is 11.6 Å². The van der Waals surface area contributed by atoms with Crippen LogP contribution < -0.4 is 10.5 Å². The lowest BCUT2D eigenvalue weighted by Crippen LogP contribution is -2.36. The average molecular weight is 273 g/mol. The monoisotopic (exact) mass is 273 g/mol. The molecule has 2 N–H and O–H groups in total. The summed E-state index contributed by atoms with van der Waals surface area (Å²) >= 11 is 0. The molecular weight excluding hydrogens is 253 g/mol. The Balaban J connectivity index is 2.36. The van der Waals surface area contributed by atoms with Crippen molar-refractivity contribution in [3.63, 3.8) is 0 Å². The fourth-order valence-electron chi connectivity index (χ4n) is 2.55. The van der Waals surface area contributed by atoms with Crippen LogP contribution in [0.5, 0.6) is 5.75 Å². The van der Waals surface area contributed by atoms with Crippen LogP contribution in [0.1, 0.15) is 23.6 Å². The van der Waals surface area contributed by atoms with E-state index in [1.54, 1.807) is 18.2 Å². The van der Waals surface area contributed by atoms with E-state index in [1.807, 2.05) is 38.1 Å². The highest BCUT2D eigenvalue weighted by molar-refractivity contribution is 5.37. The number of methoxy groups -OCH3 is 1. The van der Waals surface area contributed by atoms with Crippen LogP contribution in [0.25, 0.3) is 0 Å². The summed E-state index contributed by atoms with van der Waals surface area (Å²) < 4.78 is 19.3. The predicted octanol–water partition coefficient (Wildman–Crippen LogP) is 3.56. The maximum Gasteiger partial charge on any atom is 0.168 e. The first-order valence-corrected chi connectivity index (χ1v) is 6.62. The predicted molar refractivity (Wildman–Crippen MR) is 79.4 cm³/mol. The number of ether oxygens (including phenoxy) is 1. The molecule has 0 saturated heterocycles. The molecule has 0 aliphatic rings. The van der Waals surface area contributed by atoms with Gasteiger partial charge in [-0.3, -0.25) is 0 Å². The molecule has 2 aromatic rings. The Morgan fingerprint density at radius 3 is 2.50 bits per heavy atom. The third-order valence-electron chi connectivity index (χ3n) is 3.58. The summed E-state index contributed by atoms with van der Waals surface area (Å²) in [6.45, 7) is 3.94. The van der Waals surface area contributed by atoms with Crippen molar-refractivity contribution in [2.24, 2.45) is 5.73 Å². The Kier molecular flexibility index (Phi) is 4.09. The Bertz CT molecular complexity index is 608. The minimum absolute atomic E-state index is 0.253. The van der Waals surface area contributed by atoms with Gasteiger partial charge >= 0.3 is 0 Å². The van der Waals surface area contributed by atoms with Crippen molar-refractivity contribution in [2.75, 3.05) is 7.11 Å². The van der Waals surface area contributed by atoms with Gasteiger partial charge in [-0.1, -0.05) is 36.4 Å². The van der Waals surface area contributed by atoms with Gasteiger partial charge in [0, 0.05) is 5.54 Å². The molecule has 20 heavy (non-hydrogen) atoms. The number of halogens is 1. The fourth-order valence-corrected chi connectivity index (χ4v) is 2.55. The fraction of sp³-hybridized carbons (Fsp3) is 0.294. The summed E-state index contributed by atoms with van der Waals surface area (Å²) in [5, 5.41) is 0. The topological polar surface area (TPSA) is 35.2 Å². The van der Waals surface area contributed by atoms with Gasteiger partial charge in [-0.05, 0) is 43.0 Å². The molecule has 2 rings (SSSR count). The summed E-state index contributed by atoms with van der Waals surface area (Å²) in [6, 6.07) is 13.1. The van der Waals surface area contributed by atoms with Crippen LogP contribution in [0.15, 0.2) is 42.5 Å². The number of hydrogen-bond acceptors (Lipinski definition) is 2. The molecule has 0 amide bonds. The lowest BCUT2D eigenvalue weighted by molar-refractivity contribution is 0.380. The Morgan fingerprint density at radius 1 is 1.15 bits per heavy atom. The van der Waals surface area contributed by atoms with E-state index < -0.39 is 5.54 Å². The second-order valence-corrected chi connectivity index (χ2v) is 5.34. The molecule has 1 atom stereocenters. The highest BCUT2D eigenvalue weighted by Crippen LogP contribution is 2.29. The van der Waals surface area contributed by atoms with Crippen LogP contribution in [-0.2, 0) is 12.0 Å². The van der Waals surface area contributed by atoms with Gasteiger partial charge in [0.15, 0.2) is 11.6 Å². The Labute approximate surface area is 119 Å². The smallest absolute Gasteiger partial charge is 0.168 e. The Morgan fingerprint density at radius 2 is 1.85 bits per heavy atom. The molecule has 0 bridgehead atoms. The molecule has 3 heteroatoms. The molecule has 0 aliphatic heterocycles. The van der Waals surface area contributed by atoms with Crippen molar-refractivity contribution >= 4 is 0 Å². The van der Waals surface area contributed by atoms with Crippen LogP contribution in [0.3, 0.4) is 0 Å². The molecule has 0 saturated carbocycles. The highest BCUT2D eigenvalue weighted by atomic mass is 19.1. The summed E-state index contributed by atoms with van der Waals surface area (Å²) in [5.41, 5.74) is 8.51. The molecule has 0 fully saturated rings. The number of aryl methyl sites for hydroxylation is 1. The molecule has 0 spiro atoms. The van der Waals surface area contributed by atoms with Gasteiger partial charge in [-0.25, -0.2) is 4.39 Å². The van der Waals surface area contributed by atoms with Gasteiger partial charge in [0.25, 0.3) is 0 Å². The van der Waals surface area contributed by atoms with E-state index in [9.17, 15) is 4.39 Å². The van der Waals surface area contributed by atoms with Gasteiger partial charge in [-0.15, -0.1) is 0 Å². The largest absolute Gasteiger partial charge is 0.494 e. The van der Waals surface area contributed by atoms with Crippen LogP contribution >= 0.6 is 0 Å². The minimum atomic E-state index is -0.626. The molecule has 1 unspecified atom stereocenters. The summed E-state index contributed by atoms with van der Waals surface area (Å²) in [7, 11) is 1.46. The average Bonchev–Trinajstić information content (AvgIpc) is 2.41. The van der Waals surface area contributed by atoms with Crippen molar-refractivity contribution in [3.8, 4) is 5.75 Å². The van der Waals surface area contributed by atoms with Crippen molar-refractivity contribution in [1.29, 1.82) is 0 Å². The lowest BCUT2D eigenvalue weighted by Gasteiger charge is -2.27. The first-order valence-electron chi connectivity index (χ1n) is 6.62. The number of rotatable bonds is 4. The molecule has 106 valence electrons. The summed E-state index contributed by atoms with van der Waals surface area (Å²) in [5.74, 6) is -0.0802. The number of nitrogens with two attached hydrogens (primary N) is 1. The van der Waals surface area contributed by atoms with Crippen LogP contribution in [-0.4, -0.2) is 7.11 Å². The van der Waals surface area contributed by atoms with Gasteiger partial charge < -0.3 is 10.5 Å². The van der Waals surface area contributed by atoms with Crippen molar-refractivity contribution in [2.45, 2.75) is 25.8 Å². The first-order chi connectivity index (χ1) is 9.45. The molecule has 0 aliphatic carbocycles. The molecule has 0 aromatic heterocycles. The van der Waals surface area contributed by atoms with Crippen LogP contribution in [0, 0.1) is 12.7 Å².